The van der Waals surface area contributed by atoms with Gasteiger partial charge in [0.25, 0.3) is 0 Å². The van der Waals surface area contributed by atoms with Gasteiger partial charge in [0.1, 0.15) is 5.78 Å². The Kier molecular flexibility index (Phi) is 7.00. The van der Waals surface area contributed by atoms with Crippen molar-refractivity contribution in [2.24, 2.45) is 0 Å². The summed E-state index contributed by atoms with van der Waals surface area (Å²) in [6.07, 6.45) is 3.15. The number of carbonyl (C=O) groups is 1. The zero-order valence-corrected chi connectivity index (χ0v) is 14.6. The number of nitrogens with one attached hydrogen (secondary N) is 1. The van der Waals surface area contributed by atoms with Crippen LogP contribution in [0.15, 0.2) is 48.8 Å². The molecule has 1 aromatic heterocycles. The molecule has 2 aromatic rings. The van der Waals surface area contributed by atoms with Gasteiger partial charge in [0.15, 0.2) is 5.82 Å². The van der Waals surface area contributed by atoms with Crippen molar-refractivity contribution in [2.45, 2.75) is 45.3 Å². The fourth-order valence-electron chi connectivity index (χ4n) is 2.52. The first-order valence-electron chi connectivity index (χ1n) is 8.46. The van der Waals surface area contributed by atoms with Crippen molar-refractivity contribution in [3.63, 3.8) is 0 Å². The molecule has 0 radical (unpaired) electrons. The molecule has 0 aliphatic rings. The van der Waals surface area contributed by atoms with Gasteiger partial charge in [0.2, 0.25) is 0 Å². The molecule has 1 N–H and O–H groups in total. The van der Waals surface area contributed by atoms with Crippen LogP contribution in [0.5, 0.6) is 0 Å². The summed E-state index contributed by atoms with van der Waals surface area (Å²) in [5.74, 6) is 0.807. The van der Waals surface area contributed by atoms with Crippen molar-refractivity contribution >= 4 is 11.6 Å². The van der Waals surface area contributed by atoms with Crippen LogP contribution in [-0.4, -0.2) is 15.6 Å². The molecule has 0 spiro atoms. The number of aryl methyl sites for hydroxylation is 1. The maximum absolute atomic E-state index is 12.9. The zero-order chi connectivity index (χ0) is 19.0. The van der Waals surface area contributed by atoms with Crippen LogP contribution in [0.2, 0.25) is 0 Å². The van der Waals surface area contributed by atoms with E-state index in [1.165, 1.54) is 12.1 Å². The van der Waals surface area contributed by atoms with E-state index in [1.54, 1.807) is 36.0 Å². The van der Waals surface area contributed by atoms with Crippen molar-refractivity contribution in [1.82, 2.24) is 9.78 Å². The number of hydrogen-bond donors (Lipinski definition) is 1. The highest BCUT2D eigenvalue weighted by molar-refractivity contribution is 5.75. The van der Waals surface area contributed by atoms with Gasteiger partial charge in [-0.25, -0.2) is 0 Å². The molecular formula is C19H22F3N3O. The number of alkyl halides is 3. The number of carbonyl (C=O) groups excluding carboxylic acids is 1. The lowest BCUT2D eigenvalue weighted by Crippen LogP contribution is -2.08. The van der Waals surface area contributed by atoms with Crippen LogP contribution in [-0.2, 0) is 23.9 Å². The largest absolute Gasteiger partial charge is 0.416 e. The van der Waals surface area contributed by atoms with Gasteiger partial charge in [-0.2, -0.15) is 18.3 Å². The number of halogens is 3. The van der Waals surface area contributed by atoms with Crippen LogP contribution < -0.4 is 5.32 Å². The molecule has 0 fully saturated rings. The molecule has 0 bridgehead atoms. The second-order valence-electron chi connectivity index (χ2n) is 6.03. The molecule has 0 atom stereocenters. The third-order valence-electron chi connectivity index (χ3n) is 3.82. The Bertz CT molecular complexity index is 750. The number of aromatic nitrogens is 2. The molecule has 7 heteroatoms. The minimum Gasteiger partial charge on any atom is -0.346 e. The van der Waals surface area contributed by atoms with Gasteiger partial charge in [-0.3, -0.25) is 4.68 Å². The Morgan fingerprint density at radius 2 is 2.00 bits per heavy atom. The van der Waals surface area contributed by atoms with Crippen molar-refractivity contribution in [3.05, 3.63) is 59.9 Å². The van der Waals surface area contributed by atoms with Crippen LogP contribution in [0.4, 0.5) is 19.0 Å². The minimum atomic E-state index is -4.35. The topological polar surface area (TPSA) is 46.9 Å². The summed E-state index contributed by atoms with van der Waals surface area (Å²) < 4.78 is 40.6. The molecule has 0 aliphatic carbocycles. The fraction of sp³-hybridized carbons (Fsp3) is 0.368. The van der Waals surface area contributed by atoms with Crippen LogP contribution in [0.3, 0.4) is 0 Å². The molecule has 26 heavy (non-hydrogen) atoms. The Hall–Kier alpha value is -2.57. The van der Waals surface area contributed by atoms with Crippen LogP contribution in [0.1, 0.15) is 37.3 Å². The van der Waals surface area contributed by atoms with Crippen molar-refractivity contribution in [3.8, 4) is 0 Å². The summed E-state index contributed by atoms with van der Waals surface area (Å²) in [6.45, 7) is 2.30. The highest BCUT2D eigenvalue weighted by Crippen LogP contribution is 2.32. The molecule has 0 saturated carbocycles. The van der Waals surface area contributed by atoms with E-state index in [0.29, 0.717) is 12.2 Å². The number of anilines is 1. The second-order valence-corrected chi connectivity index (χ2v) is 6.03. The SMILES string of the molecule is CC(=O)CCCCn1ccc(N/C=C/Cc2ccccc2C(F)(F)F)n1. The van der Waals surface area contributed by atoms with Crippen molar-refractivity contribution < 1.29 is 18.0 Å². The number of allylic oxidation sites excluding steroid dienone is 1. The number of ketones is 1. The first kappa shape index (κ1) is 19.8. The van der Waals surface area contributed by atoms with Gasteiger partial charge < -0.3 is 10.1 Å². The minimum absolute atomic E-state index is 0.175. The summed E-state index contributed by atoms with van der Waals surface area (Å²) in [4.78, 5) is 10.9. The zero-order valence-electron chi connectivity index (χ0n) is 14.6. The Morgan fingerprint density at radius 1 is 1.23 bits per heavy atom. The lowest BCUT2D eigenvalue weighted by Gasteiger charge is -2.10. The maximum atomic E-state index is 12.9. The number of benzene rings is 1. The Morgan fingerprint density at radius 3 is 2.73 bits per heavy atom. The standard InChI is InChI=1S/C19H22F3N3O/c1-15(26)7-4-5-13-25-14-11-18(24-25)23-12-6-9-16-8-2-3-10-17(16)19(20,21)22/h2-3,6,8,10-12,14H,4-5,7,9,13H2,1H3,(H,23,24)/b12-6+. The average molecular weight is 365 g/mol. The van der Waals surface area contributed by atoms with E-state index in [2.05, 4.69) is 10.4 Å². The normalized spacial score (nSPS) is 11.8. The number of Topliss-reactive ketones (excluding diaryl/α,β-unsaturated/α-hetero) is 1. The lowest BCUT2D eigenvalue weighted by atomic mass is 10.0. The van der Waals surface area contributed by atoms with E-state index in [4.69, 9.17) is 0 Å². The quantitative estimate of drug-likeness (QED) is 0.648. The lowest BCUT2D eigenvalue weighted by molar-refractivity contribution is -0.138. The number of rotatable bonds is 9. The third kappa shape index (κ3) is 6.38. The molecule has 1 heterocycles. The first-order valence-corrected chi connectivity index (χ1v) is 8.46. The van der Waals surface area contributed by atoms with E-state index in [9.17, 15) is 18.0 Å². The van der Waals surface area contributed by atoms with Crippen LogP contribution >= 0.6 is 0 Å². The van der Waals surface area contributed by atoms with Gasteiger partial charge in [-0.1, -0.05) is 24.3 Å². The van der Waals surface area contributed by atoms with E-state index in [0.717, 1.165) is 25.5 Å². The molecular weight excluding hydrogens is 343 g/mol. The number of nitrogens with zero attached hydrogens (tertiary/aromatic N) is 2. The second kappa shape index (κ2) is 9.22. The van der Waals surface area contributed by atoms with E-state index >= 15 is 0 Å². The maximum Gasteiger partial charge on any atom is 0.416 e. The monoisotopic (exact) mass is 365 g/mol. The molecule has 0 aliphatic heterocycles. The summed E-state index contributed by atoms with van der Waals surface area (Å²) in [5, 5.41) is 7.27. The molecule has 4 nitrogen and oxygen atoms in total. The molecule has 0 amide bonds. The van der Waals surface area contributed by atoms with Crippen LogP contribution in [0.25, 0.3) is 0 Å². The van der Waals surface area contributed by atoms with E-state index in [-0.39, 0.29) is 17.8 Å². The summed E-state index contributed by atoms with van der Waals surface area (Å²) in [7, 11) is 0. The molecule has 140 valence electrons. The predicted molar refractivity (Wildman–Crippen MR) is 94.7 cm³/mol. The van der Waals surface area contributed by atoms with Gasteiger partial charge >= 0.3 is 6.18 Å². The van der Waals surface area contributed by atoms with Crippen LogP contribution in [0, 0.1) is 0 Å². The number of hydrogen-bond acceptors (Lipinski definition) is 3. The fourth-order valence-corrected chi connectivity index (χ4v) is 2.52. The highest BCUT2D eigenvalue weighted by Gasteiger charge is 2.32. The Balaban J connectivity index is 1.82. The van der Waals surface area contributed by atoms with Crippen molar-refractivity contribution in [1.29, 1.82) is 0 Å². The number of unbranched alkanes of at least 4 members (excludes halogenated alkanes) is 1. The van der Waals surface area contributed by atoms with E-state index < -0.39 is 11.7 Å². The molecule has 0 saturated heterocycles. The molecule has 0 unspecified atom stereocenters. The summed E-state index contributed by atoms with van der Waals surface area (Å²) in [6, 6.07) is 7.34. The third-order valence-corrected chi connectivity index (χ3v) is 3.82. The Labute approximate surface area is 150 Å². The van der Waals surface area contributed by atoms with Gasteiger partial charge in [0, 0.05) is 25.2 Å². The summed E-state index contributed by atoms with van der Waals surface area (Å²) in [5.41, 5.74) is -0.381. The smallest absolute Gasteiger partial charge is 0.346 e. The highest BCUT2D eigenvalue weighted by atomic mass is 19.4. The van der Waals surface area contributed by atoms with Crippen molar-refractivity contribution in [2.75, 3.05) is 5.32 Å². The van der Waals surface area contributed by atoms with E-state index in [1.807, 2.05) is 6.20 Å². The van der Waals surface area contributed by atoms with Gasteiger partial charge in [-0.05, 0) is 44.0 Å². The predicted octanol–water partition coefficient (Wildman–Crippen LogP) is 4.83. The summed E-state index contributed by atoms with van der Waals surface area (Å²) >= 11 is 0. The first-order chi connectivity index (χ1) is 12.4. The molecule has 1 aromatic carbocycles. The van der Waals surface area contributed by atoms with Gasteiger partial charge in [-0.15, -0.1) is 0 Å². The van der Waals surface area contributed by atoms with Gasteiger partial charge in [0.05, 0.1) is 5.56 Å². The molecule has 2 rings (SSSR count). The average Bonchev–Trinajstić information content (AvgIpc) is 3.03.